The zero-order valence-electron chi connectivity index (χ0n) is 21.0. The molecule has 3 heterocycles. The summed E-state index contributed by atoms with van der Waals surface area (Å²) in [6.07, 6.45) is 7.20. The summed E-state index contributed by atoms with van der Waals surface area (Å²) in [5.74, 6) is 0.772. The lowest BCUT2D eigenvalue weighted by Crippen LogP contribution is -2.46. The third-order valence-electron chi connectivity index (χ3n) is 8.34. The number of hydrogen-bond acceptors (Lipinski definition) is 5. The van der Waals surface area contributed by atoms with Gasteiger partial charge in [-0.05, 0) is 62.1 Å². The standard InChI is InChI=1S/C30H36N4O2/c35-28-24-11-4-6-13-26(24)31-29(32-28)33-18-15-30(16-19-33)22-34(27-14-7-5-12-25(27)30)17-8-20-36-21-23-9-2-1-3-10-23/h1-3,5,7,9-10,12,14H,4,6,8,11,13,15-22H2,(H,31,32,35). The molecule has 0 bridgehead atoms. The summed E-state index contributed by atoms with van der Waals surface area (Å²) in [5, 5.41) is 0. The Morgan fingerprint density at radius 1 is 0.972 bits per heavy atom. The van der Waals surface area contributed by atoms with Crippen LogP contribution >= 0.6 is 0 Å². The average Bonchev–Trinajstić information content (AvgIpc) is 3.22. The van der Waals surface area contributed by atoms with Crippen LogP contribution in [-0.2, 0) is 29.6 Å². The third-order valence-corrected chi connectivity index (χ3v) is 8.34. The molecule has 6 rings (SSSR count). The van der Waals surface area contributed by atoms with Gasteiger partial charge in [0, 0.05) is 49.5 Å². The number of aromatic nitrogens is 2. The Labute approximate surface area is 213 Å². The first-order valence-corrected chi connectivity index (χ1v) is 13.6. The minimum absolute atomic E-state index is 0.0712. The lowest BCUT2D eigenvalue weighted by Gasteiger charge is -2.40. The van der Waals surface area contributed by atoms with Crippen LogP contribution in [0.3, 0.4) is 0 Å². The summed E-state index contributed by atoms with van der Waals surface area (Å²) in [7, 11) is 0. The fourth-order valence-electron chi connectivity index (χ4n) is 6.37. The fourth-order valence-corrected chi connectivity index (χ4v) is 6.37. The van der Waals surface area contributed by atoms with Crippen molar-refractivity contribution in [1.29, 1.82) is 0 Å². The molecular weight excluding hydrogens is 448 g/mol. The van der Waals surface area contributed by atoms with Crippen LogP contribution in [0.2, 0.25) is 0 Å². The maximum atomic E-state index is 12.7. The molecule has 1 fully saturated rings. The number of benzene rings is 2. The van der Waals surface area contributed by atoms with Gasteiger partial charge in [0.2, 0.25) is 5.95 Å². The van der Waals surface area contributed by atoms with Crippen LogP contribution in [0.15, 0.2) is 59.4 Å². The van der Waals surface area contributed by atoms with Crippen molar-refractivity contribution in [3.63, 3.8) is 0 Å². The molecule has 6 heteroatoms. The van der Waals surface area contributed by atoms with E-state index in [1.54, 1.807) is 0 Å². The van der Waals surface area contributed by atoms with E-state index in [1.807, 2.05) is 6.07 Å². The van der Waals surface area contributed by atoms with Crippen LogP contribution in [0.1, 0.15) is 54.5 Å². The van der Waals surface area contributed by atoms with E-state index in [0.717, 1.165) is 94.9 Å². The molecule has 2 aromatic carbocycles. The quantitative estimate of drug-likeness (QED) is 0.496. The monoisotopic (exact) mass is 484 g/mol. The highest BCUT2D eigenvalue weighted by Crippen LogP contribution is 2.47. The highest BCUT2D eigenvalue weighted by atomic mass is 16.5. The van der Waals surface area contributed by atoms with Crippen LogP contribution < -0.4 is 15.4 Å². The number of aromatic amines is 1. The Balaban J connectivity index is 1.09. The van der Waals surface area contributed by atoms with E-state index in [0.29, 0.717) is 6.61 Å². The van der Waals surface area contributed by atoms with E-state index >= 15 is 0 Å². The number of nitrogens with zero attached hydrogens (tertiary/aromatic N) is 3. The molecule has 0 atom stereocenters. The molecule has 1 saturated heterocycles. The Bertz CT molecular complexity index is 1250. The van der Waals surface area contributed by atoms with Gasteiger partial charge < -0.3 is 14.5 Å². The van der Waals surface area contributed by atoms with Crippen molar-refractivity contribution in [2.45, 2.75) is 57.0 Å². The van der Waals surface area contributed by atoms with Gasteiger partial charge in [-0.25, -0.2) is 4.98 Å². The van der Waals surface area contributed by atoms with Crippen molar-refractivity contribution in [3.8, 4) is 0 Å². The zero-order valence-corrected chi connectivity index (χ0v) is 21.0. The number of hydrogen-bond donors (Lipinski definition) is 1. The van der Waals surface area contributed by atoms with Crippen molar-refractivity contribution in [3.05, 3.63) is 87.3 Å². The number of nitrogens with one attached hydrogen (secondary N) is 1. The summed E-state index contributed by atoms with van der Waals surface area (Å²) in [5.41, 5.74) is 6.27. The van der Waals surface area contributed by atoms with Gasteiger partial charge in [0.1, 0.15) is 0 Å². The van der Waals surface area contributed by atoms with Gasteiger partial charge in [0.25, 0.3) is 5.56 Å². The lowest BCUT2D eigenvalue weighted by atomic mass is 9.74. The van der Waals surface area contributed by atoms with E-state index in [4.69, 9.17) is 9.72 Å². The number of H-pyrrole nitrogens is 1. The van der Waals surface area contributed by atoms with Gasteiger partial charge in [0.15, 0.2) is 0 Å². The predicted octanol–water partition coefficient (Wildman–Crippen LogP) is 4.61. The maximum absolute atomic E-state index is 12.7. The van der Waals surface area contributed by atoms with E-state index in [2.05, 4.69) is 63.3 Å². The molecule has 36 heavy (non-hydrogen) atoms. The molecule has 1 N–H and O–H groups in total. The van der Waals surface area contributed by atoms with Crippen LogP contribution in [-0.4, -0.2) is 42.8 Å². The molecule has 1 aliphatic carbocycles. The fraction of sp³-hybridized carbons (Fsp3) is 0.467. The minimum atomic E-state index is 0.0712. The first kappa shape index (κ1) is 23.3. The largest absolute Gasteiger partial charge is 0.377 e. The van der Waals surface area contributed by atoms with E-state index in [1.165, 1.54) is 16.8 Å². The Morgan fingerprint density at radius 3 is 2.61 bits per heavy atom. The summed E-state index contributed by atoms with van der Waals surface area (Å²) in [4.78, 5) is 25.5. The summed E-state index contributed by atoms with van der Waals surface area (Å²) in [6, 6.07) is 19.3. The Morgan fingerprint density at radius 2 is 1.75 bits per heavy atom. The highest BCUT2D eigenvalue weighted by Gasteiger charge is 2.44. The number of para-hydroxylation sites is 1. The molecular formula is C30H36N4O2. The smallest absolute Gasteiger partial charge is 0.255 e. The number of piperidine rings is 1. The molecule has 0 amide bonds. The number of aryl methyl sites for hydroxylation is 1. The van der Waals surface area contributed by atoms with Crippen molar-refractivity contribution < 1.29 is 4.74 Å². The zero-order chi connectivity index (χ0) is 24.4. The van der Waals surface area contributed by atoms with Gasteiger partial charge in [-0.15, -0.1) is 0 Å². The van der Waals surface area contributed by atoms with Crippen molar-refractivity contribution in [1.82, 2.24) is 9.97 Å². The summed E-state index contributed by atoms with van der Waals surface area (Å²) >= 11 is 0. The lowest BCUT2D eigenvalue weighted by molar-refractivity contribution is 0.119. The topological polar surface area (TPSA) is 61.5 Å². The average molecular weight is 485 g/mol. The van der Waals surface area contributed by atoms with E-state index < -0.39 is 0 Å². The molecule has 1 aromatic heterocycles. The molecule has 1 spiro atoms. The summed E-state index contributed by atoms with van der Waals surface area (Å²) in [6.45, 7) is 5.36. The minimum Gasteiger partial charge on any atom is -0.377 e. The normalized spacial score (nSPS) is 18.3. The molecule has 3 aliphatic rings. The molecule has 188 valence electrons. The van der Waals surface area contributed by atoms with Crippen molar-refractivity contribution in [2.75, 3.05) is 42.6 Å². The molecule has 2 aliphatic heterocycles. The second kappa shape index (κ2) is 10.1. The Hall–Kier alpha value is -3.12. The third kappa shape index (κ3) is 4.55. The molecule has 6 nitrogen and oxygen atoms in total. The number of fused-ring (bicyclic) bond motifs is 3. The number of ether oxygens (including phenoxy) is 1. The van der Waals surface area contributed by atoms with Crippen LogP contribution in [0, 0.1) is 0 Å². The molecule has 3 aromatic rings. The van der Waals surface area contributed by atoms with E-state index in [9.17, 15) is 4.79 Å². The second-order valence-corrected chi connectivity index (χ2v) is 10.6. The maximum Gasteiger partial charge on any atom is 0.255 e. The van der Waals surface area contributed by atoms with Gasteiger partial charge in [-0.1, -0.05) is 48.5 Å². The SMILES string of the molecule is O=c1[nH]c(N2CCC3(CC2)CN(CCCOCc2ccccc2)c2ccccc23)nc2c1CCCC2. The molecule has 0 saturated carbocycles. The highest BCUT2D eigenvalue weighted by molar-refractivity contribution is 5.63. The Kier molecular flexibility index (Phi) is 6.53. The first-order chi connectivity index (χ1) is 17.7. The van der Waals surface area contributed by atoms with Crippen LogP contribution in [0.4, 0.5) is 11.6 Å². The number of rotatable bonds is 7. The van der Waals surface area contributed by atoms with Crippen molar-refractivity contribution in [2.24, 2.45) is 0 Å². The predicted molar refractivity (Wildman–Crippen MR) is 144 cm³/mol. The van der Waals surface area contributed by atoms with Crippen molar-refractivity contribution >= 4 is 11.6 Å². The first-order valence-electron chi connectivity index (χ1n) is 13.6. The van der Waals surface area contributed by atoms with Crippen LogP contribution in [0.25, 0.3) is 0 Å². The molecule has 0 unspecified atom stereocenters. The van der Waals surface area contributed by atoms with Gasteiger partial charge in [-0.2, -0.15) is 0 Å². The van der Waals surface area contributed by atoms with Gasteiger partial charge >= 0.3 is 0 Å². The molecule has 0 radical (unpaired) electrons. The second-order valence-electron chi connectivity index (χ2n) is 10.6. The van der Waals surface area contributed by atoms with Gasteiger partial charge in [0.05, 0.1) is 12.3 Å². The number of anilines is 2. The summed E-state index contributed by atoms with van der Waals surface area (Å²) < 4.78 is 5.95. The van der Waals surface area contributed by atoms with Crippen LogP contribution in [0.5, 0.6) is 0 Å². The van der Waals surface area contributed by atoms with Gasteiger partial charge in [-0.3, -0.25) is 9.78 Å². The van der Waals surface area contributed by atoms with E-state index in [-0.39, 0.29) is 11.0 Å².